The number of hydrogen-bond donors (Lipinski definition) is 2. The van der Waals surface area contributed by atoms with Gasteiger partial charge in [0.05, 0.1) is 0 Å². The first kappa shape index (κ1) is 21.5. The minimum Gasteiger partial charge on any atom is -0.324 e. The highest BCUT2D eigenvalue weighted by atomic mass is 35.5. The second-order valence-electron chi connectivity index (χ2n) is 7.21. The zero-order chi connectivity index (χ0) is 21.2. The van der Waals surface area contributed by atoms with Gasteiger partial charge in [0.25, 0.3) is 5.91 Å². The summed E-state index contributed by atoms with van der Waals surface area (Å²) in [5.74, 6) is -0.505. The lowest BCUT2D eigenvalue weighted by Crippen LogP contribution is -2.40. The molecule has 2 heterocycles. The van der Waals surface area contributed by atoms with Crippen LogP contribution in [0.4, 0.5) is 9.93 Å². The summed E-state index contributed by atoms with van der Waals surface area (Å²) in [6.45, 7) is 3.49. The van der Waals surface area contributed by atoms with Crippen LogP contribution in [0.1, 0.15) is 37.1 Å². The summed E-state index contributed by atoms with van der Waals surface area (Å²) >= 11 is 13.5. The van der Waals surface area contributed by atoms with Crippen LogP contribution >= 0.6 is 34.5 Å². The van der Waals surface area contributed by atoms with Crippen molar-refractivity contribution in [1.82, 2.24) is 15.2 Å². The smallest absolute Gasteiger partial charge is 0.324 e. The minimum absolute atomic E-state index is 0.176. The highest BCUT2D eigenvalue weighted by molar-refractivity contribution is 7.15. The van der Waals surface area contributed by atoms with Crippen molar-refractivity contribution in [3.05, 3.63) is 44.9 Å². The van der Waals surface area contributed by atoms with Crippen molar-refractivity contribution in [3.8, 4) is 0 Å². The first-order valence-electron chi connectivity index (χ1n) is 8.98. The van der Waals surface area contributed by atoms with E-state index < -0.39 is 11.6 Å². The van der Waals surface area contributed by atoms with Gasteiger partial charge in [0, 0.05) is 40.5 Å². The fraction of sp³-hybridized carbons (Fsp3) is 0.368. The van der Waals surface area contributed by atoms with E-state index in [1.165, 1.54) is 11.3 Å². The summed E-state index contributed by atoms with van der Waals surface area (Å²) in [7, 11) is 0. The monoisotopic (exact) mass is 454 g/mol. The molecule has 1 aromatic carbocycles. The number of rotatable bonds is 7. The lowest BCUT2D eigenvalue weighted by molar-refractivity contribution is -0.130. The largest absolute Gasteiger partial charge is 0.325 e. The number of amides is 4. The predicted octanol–water partition coefficient (Wildman–Crippen LogP) is 4.09. The van der Waals surface area contributed by atoms with Crippen LogP contribution in [0.25, 0.3) is 0 Å². The van der Waals surface area contributed by atoms with Gasteiger partial charge in [-0.2, -0.15) is 0 Å². The second kappa shape index (κ2) is 8.69. The molecular formula is C19H20Cl2N4O3S. The zero-order valence-electron chi connectivity index (χ0n) is 15.9. The molecule has 0 atom stereocenters. The summed E-state index contributed by atoms with van der Waals surface area (Å²) in [5.41, 5.74) is 0.0259. The van der Waals surface area contributed by atoms with Crippen LogP contribution in [0.2, 0.25) is 10.0 Å². The highest BCUT2D eigenvalue weighted by Crippen LogP contribution is 2.27. The first-order valence-corrected chi connectivity index (χ1v) is 10.6. The molecule has 2 N–H and O–H groups in total. The van der Waals surface area contributed by atoms with E-state index in [0.29, 0.717) is 28.0 Å². The van der Waals surface area contributed by atoms with E-state index in [4.69, 9.17) is 23.2 Å². The SMILES string of the molecule is CC1(C)NC(=O)N(CCCC(=O)Nc2ncc(Cc3ccc(Cl)cc3Cl)s2)C1=O. The van der Waals surface area contributed by atoms with E-state index in [1.54, 1.807) is 32.2 Å². The van der Waals surface area contributed by atoms with Gasteiger partial charge in [-0.05, 0) is 38.0 Å². The average Bonchev–Trinajstić information content (AvgIpc) is 3.14. The normalized spacial score (nSPS) is 15.5. The molecular weight excluding hydrogens is 435 g/mol. The molecule has 4 amide bonds. The van der Waals surface area contributed by atoms with Gasteiger partial charge in [-0.15, -0.1) is 11.3 Å². The Balaban J connectivity index is 1.48. The van der Waals surface area contributed by atoms with Crippen LogP contribution in [-0.4, -0.2) is 39.8 Å². The van der Waals surface area contributed by atoms with Crippen molar-refractivity contribution < 1.29 is 14.4 Å². The van der Waals surface area contributed by atoms with Gasteiger partial charge in [-0.25, -0.2) is 9.78 Å². The summed E-state index contributed by atoms with van der Waals surface area (Å²) in [4.78, 5) is 42.4. The number of imide groups is 1. The zero-order valence-corrected chi connectivity index (χ0v) is 18.2. The maximum atomic E-state index is 12.2. The molecule has 0 aliphatic carbocycles. The van der Waals surface area contributed by atoms with Crippen LogP contribution in [0.3, 0.4) is 0 Å². The molecule has 154 valence electrons. The highest BCUT2D eigenvalue weighted by Gasteiger charge is 2.43. The Labute approximate surface area is 182 Å². The molecule has 1 aromatic heterocycles. The average molecular weight is 455 g/mol. The summed E-state index contributed by atoms with van der Waals surface area (Å²) in [6.07, 6.45) is 2.83. The number of nitrogens with one attached hydrogen (secondary N) is 2. The molecule has 0 spiro atoms. The van der Waals surface area contributed by atoms with Crippen LogP contribution in [0, 0.1) is 0 Å². The molecule has 1 aliphatic heterocycles. The topological polar surface area (TPSA) is 91.4 Å². The van der Waals surface area contributed by atoms with Gasteiger partial charge in [-0.3, -0.25) is 14.5 Å². The standard InChI is InChI=1S/C19H20Cl2N4O3S/c1-19(2)16(27)25(18(28)24-19)7-3-4-15(26)23-17-22-10-13(29-17)8-11-5-6-12(20)9-14(11)21/h5-6,9-10H,3-4,7-8H2,1-2H3,(H,24,28)(H,22,23,26). The number of benzene rings is 1. The molecule has 2 aromatic rings. The number of carbonyl (C=O) groups is 3. The van der Waals surface area contributed by atoms with Gasteiger partial charge in [-0.1, -0.05) is 29.3 Å². The van der Waals surface area contributed by atoms with Crippen LogP contribution in [0.5, 0.6) is 0 Å². The lowest BCUT2D eigenvalue weighted by Gasteiger charge is -2.15. The molecule has 0 saturated carbocycles. The van der Waals surface area contributed by atoms with Crippen molar-refractivity contribution in [3.63, 3.8) is 0 Å². The second-order valence-corrected chi connectivity index (χ2v) is 9.17. The number of halogens is 2. The van der Waals surface area contributed by atoms with E-state index in [2.05, 4.69) is 15.6 Å². The number of nitrogens with zero attached hydrogens (tertiary/aromatic N) is 2. The Morgan fingerprint density at radius 3 is 2.72 bits per heavy atom. The predicted molar refractivity (Wildman–Crippen MR) is 114 cm³/mol. The molecule has 1 fully saturated rings. The fourth-order valence-corrected chi connectivity index (χ4v) is 4.23. The lowest BCUT2D eigenvalue weighted by atomic mass is 10.1. The number of aromatic nitrogens is 1. The Kier molecular flexibility index (Phi) is 6.45. The Bertz CT molecular complexity index is 961. The van der Waals surface area contributed by atoms with Crippen molar-refractivity contribution >= 4 is 57.5 Å². The summed E-state index contributed by atoms with van der Waals surface area (Å²) in [5, 5.41) is 7.01. The quantitative estimate of drug-likeness (QED) is 0.616. The van der Waals surface area contributed by atoms with Crippen molar-refractivity contribution in [2.75, 3.05) is 11.9 Å². The van der Waals surface area contributed by atoms with E-state index in [9.17, 15) is 14.4 Å². The fourth-order valence-electron chi connectivity index (χ4n) is 2.90. The third-order valence-electron chi connectivity index (χ3n) is 4.41. The first-order chi connectivity index (χ1) is 13.7. The third-order valence-corrected chi connectivity index (χ3v) is 5.91. The van der Waals surface area contributed by atoms with Crippen molar-refractivity contribution in [1.29, 1.82) is 0 Å². The van der Waals surface area contributed by atoms with Gasteiger partial charge in [0.1, 0.15) is 5.54 Å². The van der Waals surface area contributed by atoms with Gasteiger partial charge >= 0.3 is 6.03 Å². The minimum atomic E-state index is -0.899. The molecule has 0 radical (unpaired) electrons. The van der Waals surface area contributed by atoms with Crippen LogP contribution in [0.15, 0.2) is 24.4 Å². The molecule has 10 heteroatoms. The van der Waals surface area contributed by atoms with Crippen molar-refractivity contribution in [2.24, 2.45) is 0 Å². The number of anilines is 1. The number of carbonyl (C=O) groups excluding carboxylic acids is 3. The van der Waals surface area contributed by atoms with Gasteiger partial charge < -0.3 is 10.6 Å². The molecule has 29 heavy (non-hydrogen) atoms. The molecule has 7 nitrogen and oxygen atoms in total. The van der Waals surface area contributed by atoms with Crippen LogP contribution in [-0.2, 0) is 16.0 Å². The summed E-state index contributed by atoms with van der Waals surface area (Å²) in [6, 6.07) is 4.90. The van der Waals surface area contributed by atoms with Gasteiger partial charge in [0.2, 0.25) is 5.91 Å². The maximum Gasteiger partial charge on any atom is 0.325 e. The number of urea groups is 1. The molecule has 0 bridgehead atoms. The van der Waals surface area contributed by atoms with Crippen molar-refractivity contribution in [2.45, 2.75) is 38.6 Å². The molecule has 1 aliphatic rings. The molecule has 1 saturated heterocycles. The van der Waals surface area contributed by atoms with Crippen LogP contribution < -0.4 is 10.6 Å². The summed E-state index contributed by atoms with van der Waals surface area (Å²) < 4.78 is 0. The molecule has 3 rings (SSSR count). The Morgan fingerprint density at radius 2 is 2.07 bits per heavy atom. The van der Waals surface area contributed by atoms with E-state index in [-0.39, 0.29) is 24.8 Å². The third kappa shape index (κ3) is 5.26. The van der Waals surface area contributed by atoms with E-state index in [0.717, 1.165) is 15.3 Å². The van der Waals surface area contributed by atoms with E-state index in [1.807, 2.05) is 6.07 Å². The Morgan fingerprint density at radius 1 is 1.31 bits per heavy atom. The van der Waals surface area contributed by atoms with Gasteiger partial charge in [0.15, 0.2) is 5.13 Å². The van der Waals surface area contributed by atoms with E-state index >= 15 is 0 Å². The number of thiazole rings is 1. The molecule has 0 unspecified atom stereocenters. The number of hydrogen-bond acceptors (Lipinski definition) is 5. The Hall–Kier alpha value is -2.16. The maximum absolute atomic E-state index is 12.2.